The van der Waals surface area contributed by atoms with Crippen molar-refractivity contribution < 1.29 is 14.8 Å². The van der Waals surface area contributed by atoms with Crippen molar-refractivity contribution in [3.8, 4) is 11.3 Å². The van der Waals surface area contributed by atoms with Crippen molar-refractivity contribution in [2.45, 2.75) is 19.4 Å². The lowest BCUT2D eigenvalue weighted by Gasteiger charge is -2.05. The van der Waals surface area contributed by atoms with Crippen LogP contribution in [0.2, 0.25) is 0 Å². The Balaban J connectivity index is 2.21. The van der Waals surface area contributed by atoms with Crippen LogP contribution in [0.25, 0.3) is 11.3 Å². The second-order valence-corrected chi connectivity index (χ2v) is 4.15. The van der Waals surface area contributed by atoms with E-state index in [0.29, 0.717) is 24.2 Å². The summed E-state index contributed by atoms with van der Waals surface area (Å²) in [6, 6.07) is 6.15. The van der Waals surface area contributed by atoms with Gasteiger partial charge in [0.25, 0.3) is 5.69 Å². The molecule has 0 fully saturated rings. The van der Waals surface area contributed by atoms with E-state index < -0.39 is 10.9 Å². The number of benzene rings is 1. The summed E-state index contributed by atoms with van der Waals surface area (Å²) in [4.78, 5) is 20.8. The molecule has 0 aliphatic rings. The molecule has 0 aliphatic heterocycles. The fraction of sp³-hybridized carbons (Fsp3) is 0.250. The number of aryl methyl sites for hydroxylation is 1. The summed E-state index contributed by atoms with van der Waals surface area (Å²) in [5, 5.41) is 27.0. The van der Waals surface area contributed by atoms with Crippen molar-refractivity contribution in [3.05, 3.63) is 40.6 Å². The number of carboxylic acids is 1. The van der Waals surface area contributed by atoms with E-state index in [4.69, 9.17) is 5.11 Å². The summed E-state index contributed by atoms with van der Waals surface area (Å²) in [5.74, 6) is -0.873. The van der Waals surface area contributed by atoms with Crippen molar-refractivity contribution >= 4 is 11.7 Å². The van der Waals surface area contributed by atoms with Crippen LogP contribution < -0.4 is 0 Å². The van der Waals surface area contributed by atoms with E-state index in [2.05, 4.69) is 10.3 Å². The molecule has 104 valence electrons. The standard InChI is InChI=1S/C12H12N4O4/c17-12(18)5-2-6-15-11(8-13-14-15)9-3-1-4-10(7-9)16(19)20/h1,3-4,7-8H,2,5-6H2,(H,17,18). The molecule has 0 atom stereocenters. The first-order valence-corrected chi connectivity index (χ1v) is 5.93. The Labute approximate surface area is 113 Å². The first-order chi connectivity index (χ1) is 9.58. The molecule has 0 bridgehead atoms. The highest BCUT2D eigenvalue weighted by atomic mass is 16.6. The zero-order chi connectivity index (χ0) is 14.5. The van der Waals surface area contributed by atoms with E-state index >= 15 is 0 Å². The van der Waals surface area contributed by atoms with Gasteiger partial charge in [0.15, 0.2) is 0 Å². The van der Waals surface area contributed by atoms with E-state index in [1.807, 2.05) is 0 Å². The second-order valence-electron chi connectivity index (χ2n) is 4.15. The Morgan fingerprint density at radius 3 is 2.95 bits per heavy atom. The lowest BCUT2D eigenvalue weighted by atomic mass is 10.1. The topological polar surface area (TPSA) is 111 Å². The van der Waals surface area contributed by atoms with Crippen LogP contribution in [0.3, 0.4) is 0 Å². The Morgan fingerprint density at radius 1 is 1.45 bits per heavy atom. The molecule has 0 saturated carbocycles. The molecule has 0 radical (unpaired) electrons. The van der Waals surface area contributed by atoms with E-state index in [1.54, 1.807) is 16.8 Å². The number of nitro groups is 1. The van der Waals surface area contributed by atoms with Crippen LogP contribution in [-0.4, -0.2) is 31.0 Å². The highest BCUT2D eigenvalue weighted by Gasteiger charge is 2.11. The molecule has 2 rings (SSSR count). The molecule has 8 heteroatoms. The summed E-state index contributed by atoms with van der Waals surface area (Å²) >= 11 is 0. The molecule has 1 aromatic carbocycles. The van der Waals surface area contributed by atoms with Gasteiger partial charge >= 0.3 is 5.97 Å². The minimum absolute atomic E-state index is 0.0132. The number of carbonyl (C=O) groups is 1. The smallest absolute Gasteiger partial charge is 0.303 e. The van der Waals surface area contributed by atoms with Gasteiger partial charge in [-0.1, -0.05) is 17.3 Å². The van der Waals surface area contributed by atoms with Gasteiger partial charge in [-0.15, -0.1) is 5.10 Å². The number of hydrogen-bond donors (Lipinski definition) is 1. The van der Waals surface area contributed by atoms with E-state index in [-0.39, 0.29) is 12.1 Å². The Bertz CT molecular complexity index is 638. The van der Waals surface area contributed by atoms with E-state index in [9.17, 15) is 14.9 Å². The molecule has 8 nitrogen and oxygen atoms in total. The minimum atomic E-state index is -0.873. The molecular weight excluding hydrogens is 264 g/mol. The summed E-state index contributed by atoms with van der Waals surface area (Å²) in [6.07, 6.45) is 1.95. The number of aliphatic carboxylic acids is 1. The van der Waals surface area contributed by atoms with Gasteiger partial charge in [-0.25, -0.2) is 4.68 Å². The third-order valence-corrected chi connectivity index (χ3v) is 2.73. The average molecular weight is 276 g/mol. The van der Waals surface area contributed by atoms with Crippen LogP contribution in [0.4, 0.5) is 5.69 Å². The number of non-ortho nitro benzene ring substituents is 1. The van der Waals surface area contributed by atoms with Gasteiger partial charge in [0.2, 0.25) is 0 Å². The lowest BCUT2D eigenvalue weighted by Crippen LogP contribution is -2.05. The third-order valence-electron chi connectivity index (χ3n) is 2.73. The molecule has 0 aliphatic carbocycles. The Hall–Kier alpha value is -2.77. The lowest BCUT2D eigenvalue weighted by molar-refractivity contribution is -0.384. The summed E-state index contributed by atoms with van der Waals surface area (Å²) < 4.78 is 1.54. The zero-order valence-corrected chi connectivity index (χ0v) is 10.5. The Kier molecular flexibility index (Phi) is 4.04. The molecule has 1 heterocycles. The third kappa shape index (κ3) is 3.16. The molecule has 0 unspecified atom stereocenters. The molecule has 20 heavy (non-hydrogen) atoms. The van der Waals surface area contributed by atoms with Gasteiger partial charge in [-0.3, -0.25) is 14.9 Å². The van der Waals surface area contributed by atoms with Crippen molar-refractivity contribution in [2.24, 2.45) is 0 Å². The zero-order valence-electron chi connectivity index (χ0n) is 10.5. The van der Waals surface area contributed by atoms with Crippen molar-refractivity contribution in [2.75, 3.05) is 0 Å². The Morgan fingerprint density at radius 2 is 2.25 bits per heavy atom. The van der Waals surface area contributed by atoms with Crippen LogP contribution in [0.1, 0.15) is 12.8 Å². The summed E-state index contributed by atoms with van der Waals surface area (Å²) in [7, 11) is 0. The van der Waals surface area contributed by atoms with Gasteiger partial charge < -0.3 is 5.11 Å². The van der Waals surface area contributed by atoms with Gasteiger partial charge in [0, 0.05) is 30.7 Å². The molecule has 2 aromatic rings. The second kappa shape index (κ2) is 5.91. The molecule has 0 saturated heterocycles. The number of aromatic nitrogens is 3. The number of nitro benzene ring substituents is 1. The highest BCUT2D eigenvalue weighted by molar-refractivity contribution is 5.66. The van der Waals surface area contributed by atoms with Crippen LogP contribution in [0.5, 0.6) is 0 Å². The molecule has 1 N–H and O–H groups in total. The first kappa shape index (κ1) is 13.7. The van der Waals surface area contributed by atoms with Crippen LogP contribution >= 0.6 is 0 Å². The van der Waals surface area contributed by atoms with Crippen molar-refractivity contribution in [1.82, 2.24) is 15.0 Å². The molecular formula is C12H12N4O4. The average Bonchev–Trinajstić information content (AvgIpc) is 2.87. The van der Waals surface area contributed by atoms with Crippen LogP contribution in [-0.2, 0) is 11.3 Å². The van der Waals surface area contributed by atoms with Crippen LogP contribution in [0.15, 0.2) is 30.5 Å². The monoisotopic (exact) mass is 276 g/mol. The number of rotatable bonds is 6. The predicted octanol–water partition coefficient (Wildman–Crippen LogP) is 1.72. The minimum Gasteiger partial charge on any atom is -0.481 e. The maximum absolute atomic E-state index is 10.8. The first-order valence-electron chi connectivity index (χ1n) is 5.93. The van der Waals surface area contributed by atoms with E-state index in [1.165, 1.54) is 18.3 Å². The fourth-order valence-electron chi connectivity index (χ4n) is 1.81. The van der Waals surface area contributed by atoms with Gasteiger partial charge in [-0.2, -0.15) is 0 Å². The van der Waals surface area contributed by atoms with Crippen LogP contribution in [0, 0.1) is 10.1 Å². The summed E-state index contributed by atoms with van der Waals surface area (Å²) in [5.41, 5.74) is 1.24. The molecule has 1 aromatic heterocycles. The fourth-order valence-corrected chi connectivity index (χ4v) is 1.81. The number of nitrogens with zero attached hydrogens (tertiary/aromatic N) is 4. The van der Waals surface area contributed by atoms with Gasteiger partial charge in [0.1, 0.15) is 0 Å². The van der Waals surface area contributed by atoms with Gasteiger partial charge in [0.05, 0.1) is 16.8 Å². The summed E-state index contributed by atoms with van der Waals surface area (Å²) in [6.45, 7) is 0.393. The molecule has 0 amide bonds. The predicted molar refractivity (Wildman–Crippen MR) is 69.0 cm³/mol. The highest BCUT2D eigenvalue weighted by Crippen LogP contribution is 2.23. The largest absolute Gasteiger partial charge is 0.481 e. The molecule has 0 spiro atoms. The van der Waals surface area contributed by atoms with E-state index in [0.717, 1.165) is 0 Å². The van der Waals surface area contributed by atoms with Crippen molar-refractivity contribution in [3.63, 3.8) is 0 Å². The number of carboxylic acid groups (broad SMARTS) is 1. The van der Waals surface area contributed by atoms with Crippen molar-refractivity contribution in [1.29, 1.82) is 0 Å². The number of hydrogen-bond acceptors (Lipinski definition) is 5. The maximum Gasteiger partial charge on any atom is 0.303 e. The normalized spacial score (nSPS) is 10.4. The maximum atomic E-state index is 10.8. The SMILES string of the molecule is O=C(O)CCCn1nncc1-c1cccc([N+](=O)[O-])c1. The quantitative estimate of drug-likeness (QED) is 0.635. The van der Waals surface area contributed by atoms with Gasteiger partial charge in [-0.05, 0) is 6.42 Å².